The summed E-state index contributed by atoms with van der Waals surface area (Å²) in [6.07, 6.45) is 0. The molecule has 0 saturated heterocycles. The van der Waals surface area contributed by atoms with Crippen LogP contribution in [-0.4, -0.2) is 5.78 Å². The Morgan fingerprint density at radius 1 is 1.13 bits per heavy atom. The zero-order valence-electron chi connectivity index (χ0n) is 7.91. The van der Waals surface area contributed by atoms with Crippen LogP contribution in [0.4, 0.5) is 0 Å². The van der Waals surface area contributed by atoms with Crippen molar-refractivity contribution in [2.24, 2.45) is 0 Å². The molecular weight excluding hydrogens is 208 g/mol. The molecule has 0 fully saturated rings. The molecule has 0 spiro atoms. The van der Waals surface area contributed by atoms with Gasteiger partial charge in [-0.2, -0.15) is 0 Å². The highest BCUT2D eigenvalue weighted by atomic mass is 35.5. The molecule has 0 aliphatic carbocycles. The number of carbonyl (C=O) groups is 1. The average molecular weight is 216 g/mol. The molecule has 2 aromatic carbocycles. The van der Waals surface area contributed by atoms with E-state index in [0.29, 0.717) is 16.1 Å². The van der Waals surface area contributed by atoms with Crippen LogP contribution in [0.1, 0.15) is 15.9 Å². The molecule has 73 valence electrons. The third-order valence-electron chi connectivity index (χ3n) is 2.09. The minimum absolute atomic E-state index is 0.0606. The number of halogens is 1. The highest BCUT2D eigenvalue weighted by Crippen LogP contribution is 2.18. The minimum atomic E-state index is -0.0606. The SMILES string of the molecule is O=C(c1ccccc1)c1cc[c]cc1Cl. The summed E-state index contributed by atoms with van der Waals surface area (Å²) in [5.41, 5.74) is 1.16. The van der Waals surface area contributed by atoms with Crippen molar-refractivity contribution in [3.63, 3.8) is 0 Å². The van der Waals surface area contributed by atoms with E-state index in [-0.39, 0.29) is 5.78 Å². The van der Waals surface area contributed by atoms with Gasteiger partial charge in [-0.05, 0) is 18.2 Å². The summed E-state index contributed by atoms with van der Waals surface area (Å²) in [4.78, 5) is 12.0. The second-order valence-corrected chi connectivity index (χ2v) is 3.51. The number of hydrogen-bond donors (Lipinski definition) is 0. The maximum atomic E-state index is 12.0. The molecule has 0 aliphatic rings. The summed E-state index contributed by atoms with van der Waals surface area (Å²) in [6, 6.07) is 16.9. The Morgan fingerprint density at radius 3 is 2.53 bits per heavy atom. The molecular formula is C13H8ClO. The standard InChI is InChI=1S/C13H8ClO/c14-12-9-5-4-8-11(12)13(15)10-6-2-1-3-7-10/h1-4,6-9H. The lowest BCUT2D eigenvalue weighted by atomic mass is 10.0. The van der Waals surface area contributed by atoms with Gasteiger partial charge >= 0.3 is 0 Å². The first-order valence-corrected chi connectivity index (χ1v) is 4.92. The fraction of sp³-hybridized carbons (Fsp3) is 0. The fourth-order valence-corrected chi connectivity index (χ4v) is 1.55. The van der Waals surface area contributed by atoms with E-state index >= 15 is 0 Å². The molecule has 0 aliphatic heterocycles. The van der Waals surface area contributed by atoms with Gasteiger partial charge in [0.05, 0.1) is 5.02 Å². The van der Waals surface area contributed by atoms with Crippen LogP contribution in [0.3, 0.4) is 0 Å². The lowest BCUT2D eigenvalue weighted by Crippen LogP contribution is -2.01. The van der Waals surface area contributed by atoms with Gasteiger partial charge in [-0.3, -0.25) is 4.79 Å². The second-order valence-electron chi connectivity index (χ2n) is 3.10. The van der Waals surface area contributed by atoms with Crippen LogP contribution in [0.5, 0.6) is 0 Å². The normalized spacial score (nSPS) is 9.93. The highest BCUT2D eigenvalue weighted by molar-refractivity contribution is 6.34. The molecule has 0 amide bonds. The van der Waals surface area contributed by atoms with Gasteiger partial charge < -0.3 is 0 Å². The Balaban J connectivity index is 2.42. The Labute approximate surface area is 93.3 Å². The van der Waals surface area contributed by atoms with Crippen LogP contribution in [0, 0.1) is 6.07 Å². The molecule has 0 atom stereocenters. The van der Waals surface area contributed by atoms with Crippen LogP contribution >= 0.6 is 11.6 Å². The Morgan fingerprint density at radius 2 is 1.87 bits per heavy atom. The van der Waals surface area contributed by atoms with Gasteiger partial charge in [0.25, 0.3) is 0 Å². The third-order valence-corrected chi connectivity index (χ3v) is 2.41. The van der Waals surface area contributed by atoms with Crippen LogP contribution in [0.2, 0.25) is 5.02 Å². The summed E-state index contributed by atoms with van der Waals surface area (Å²) >= 11 is 5.92. The fourth-order valence-electron chi connectivity index (χ4n) is 1.34. The predicted octanol–water partition coefficient (Wildman–Crippen LogP) is 3.37. The average Bonchev–Trinajstić information content (AvgIpc) is 2.30. The van der Waals surface area contributed by atoms with E-state index in [1.807, 2.05) is 18.2 Å². The molecule has 1 radical (unpaired) electrons. The molecule has 2 rings (SSSR count). The van der Waals surface area contributed by atoms with E-state index in [2.05, 4.69) is 6.07 Å². The summed E-state index contributed by atoms with van der Waals surface area (Å²) in [5, 5.41) is 0.436. The van der Waals surface area contributed by atoms with E-state index in [1.165, 1.54) is 0 Å². The number of rotatable bonds is 2. The van der Waals surface area contributed by atoms with Gasteiger partial charge in [-0.1, -0.05) is 48.0 Å². The first kappa shape index (κ1) is 9.94. The van der Waals surface area contributed by atoms with Crippen LogP contribution < -0.4 is 0 Å². The van der Waals surface area contributed by atoms with Crippen LogP contribution in [0.15, 0.2) is 48.5 Å². The topological polar surface area (TPSA) is 17.1 Å². The van der Waals surface area contributed by atoms with Gasteiger partial charge in [-0.15, -0.1) is 0 Å². The lowest BCUT2D eigenvalue weighted by molar-refractivity contribution is 0.103. The summed E-state index contributed by atoms with van der Waals surface area (Å²) in [7, 11) is 0. The first-order chi connectivity index (χ1) is 7.29. The molecule has 2 heteroatoms. The molecule has 0 bridgehead atoms. The maximum Gasteiger partial charge on any atom is 0.194 e. The van der Waals surface area contributed by atoms with Crippen molar-refractivity contribution >= 4 is 17.4 Å². The molecule has 0 saturated carbocycles. The highest BCUT2D eigenvalue weighted by Gasteiger charge is 2.10. The smallest absolute Gasteiger partial charge is 0.194 e. The van der Waals surface area contributed by atoms with Gasteiger partial charge in [0, 0.05) is 11.1 Å². The van der Waals surface area contributed by atoms with Crippen molar-refractivity contribution in [2.45, 2.75) is 0 Å². The third kappa shape index (κ3) is 2.08. The van der Waals surface area contributed by atoms with Gasteiger partial charge in [-0.25, -0.2) is 0 Å². The zero-order valence-corrected chi connectivity index (χ0v) is 8.66. The molecule has 0 heterocycles. The maximum absolute atomic E-state index is 12.0. The Kier molecular flexibility index (Phi) is 2.84. The van der Waals surface area contributed by atoms with Gasteiger partial charge in [0.15, 0.2) is 5.78 Å². The Bertz CT molecular complexity index is 477. The van der Waals surface area contributed by atoms with Gasteiger partial charge in [0.1, 0.15) is 0 Å². The summed E-state index contributed by atoms with van der Waals surface area (Å²) in [6.45, 7) is 0. The first-order valence-electron chi connectivity index (χ1n) is 4.54. The summed E-state index contributed by atoms with van der Waals surface area (Å²) < 4.78 is 0. The van der Waals surface area contributed by atoms with Crippen molar-refractivity contribution in [1.82, 2.24) is 0 Å². The van der Waals surface area contributed by atoms with E-state index in [9.17, 15) is 4.79 Å². The van der Waals surface area contributed by atoms with Crippen LogP contribution in [-0.2, 0) is 0 Å². The van der Waals surface area contributed by atoms with E-state index in [0.717, 1.165) is 0 Å². The molecule has 1 nitrogen and oxygen atoms in total. The van der Waals surface area contributed by atoms with Crippen molar-refractivity contribution in [3.8, 4) is 0 Å². The predicted molar refractivity (Wildman–Crippen MR) is 60.2 cm³/mol. The van der Waals surface area contributed by atoms with Crippen molar-refractivity contribution in [3.05, 3.63) is 70.7 Å². The van der Waals surface area contributed by atoms with Crippen molar-refractivity contribution in [1.29, 1.82) is 0 Å². The number of benzene rings is 2. The van der Waals surface area contributed by atoms with Crippen molar-refractivity contribution < 1.29 is 4.79 Å². The molecule has 0 N–H and O–H groups in total. The molecule has 15 heavy (non-hydrogen) atoms. The molecule has 2 aromatic rings. The number of carbonyl (C=O) groups excluding carboxylic acids is 1. The number of hydrogen-bond acceptors (Lipinski definition) is 1. The minimum Gasteiger partial charge on any atom is -0.289 e. The van der Waals surface area contributed by atoms with E-state index in [1.54, 1.807) is 30.3 Å². The van der Waals surface area contributed by atoms with E-state index in [4.69, 9.17) is 11.6 Å². The summed E-state index contributed by atoms with van der Waals surface area (Å²) in [5.74, 6) is -0.0606. The number of ketones is 1. The largest absolute Gasteiger partial charge is 0.289 e. The van der Waals surface area contributed by atoms with Crippen LogP contribution in [0.25, 0.3) is 0 Å². The van der Waals surface area contributed by atoms with E-state index < -0.39 is 0 Å². The zero-order chi connectivity index (χ0) is 10.7. The quantitative estimate of drug-likeness (QED) is 0.702. The monoisotopic (exact) mass is 215 g/mol. The second kappa shape index (κ2) is 4.28. The van der Waals surface area contributed by atoms with Crippen molar-refractivity contribution in [2.75, 3.05) is 0 Å². The molecule has 0 unspecified atom stereocenters. The Hall–Kier alpha value is -1.60. The molecule has 0 aromatic heterocycles. The lowest BCUT2D eigenvalue weighted by Gasteiger charge is -2.02. The van der Waals surface area contributed by atoms with Gasteiger partial charge in [0.2, 0.25) is 0 Å².